The number of piperidine rings is 1. The maximum absolute atomic E-state index is 13.4. The maximum Gasteiger partial charge on any atom is 0.319 e. The normalized spacial score (nSPS) is 18.6. The van der Waals surface area contributed by atoms with Gasteiger partial charge in [-0.05, 0) is 91.2 Å². The molecule has 3 aromatic rings. The first-order valence-corrected chi connectivity index (χ1v) is 12.5. The highest BCUT2D eigenvalue weighted by Crippen LogP contribution is 2.24. The van der Waals surface area contributed by atoms with Gasteiger partial charge >= 0.3 is 6.03 Å². The molecule has 192 valence electrons. The number of halogens is 1. The fourth-order valence-electron chi connectivity index (χ4n) is 4.94. The smallest absolute Gasteiger partial charge is 0.319 e. The minimum absolute atomic E-state index is 0.0722. The lowest BCUT2D eigenvalue weighted by Crippen LogP contribution is -2.56. The average molecular weight is 495 g/mol. The summed E-state index contributed by atoms with van der Waals surface area (Å²) in [5.74, 6) is 0.610. The van der Waals surface area contributed by atoms with Crippen molar-refractivity contribution >= 4 is 11.7 Å². The van der Waals surface area contributed by atoms with Gasteiger partial charge in [-0.25, -0.2) is 13.9 Å². The van der Waals surface area contributed by atoms with Gasteiger partial charge in [0.2, 0.25) is 0 Å². The highest BCUT2D eigenvalue weighted by Gasteiger charge is 2.32. The lowest BCUT2D eigenvalue weighted by atomic mass is 9.84. The van der Waals surface area contributed by atoms with Crippen LogP contribution in [-0.4, -0.2) is 58.5 Å². The second-order valence-corrected chi connectivity index (χ2v) is 9.32. The largest absolute Gasteiger partial charge is 0.335 e. The van der Waals surface area contributed by atoms with Crippen molar-refractivity contribution in [3.8, 4) is 11.4 Å². The molecule has 1 saturated heterocycles. The van der Waals surface area contributed by atoms with Gasteiger partial charge in [0, 0.05) is 42.8 Å². The summed E-state index contributed by atoms with van der Waals surface area (Å²) < 4.78 is 15.0. The second kappa shape index (κ2) is 12.0. The summed E-state index contributed by atoms with van der Waals surface area (Å²) in [6.07, 6.45) is 3.29. The summed E-state index contributed by atoms with van der Waals surface area (Å²) in [6, 6.07) is 12.4. The molecule has 1 aliphatic rings. The summed E-state index contributed by atoms with van der Waals surface area (Å²) in [4.78, 5) is 13.2. The molecule has 0 spiro atoms. The monoisotopic (exact) mass is 494 g/mol. The van der Waals surface area contributed by atoms with Crippen molar-refractivity contribution in [3.05, 3.63) is 59.4 Å². The van der Waals surface area contributed by atoms with E-state index < -0.39 is 0 Å². The van der Waals surface area contributed by atoms with E-state index >= 15 is 0 Å². The van der Waals surface area contributed by atoms with Gasteiger partial charge < -0.3 is 21.3 Å². The van der Waals surface area contributed by atoms with Crippen molar-refractivity contribution in [2.45, 2.75) is 44.7 Å². The first kappa shape index (κ1) is 25.7. The molecule has 4 N–H and O–H groups in total. The Kier molecular flexibility index (Phi) is 8.61. The molecule has 1 aromatic heterocycles. The molecule has 0 bridgehead atoms. The Balaban J connectivity index is 1.50. The fourth-order valence-corrected chi connectivity index (χ4v) is 4.94. The molecule has 2 heterocycles. The molecule has 9 nitrogen and oxygen atoms in total. The van der Waals surface area contributed by atoms with Gasteiger partial charge in [0.1, 0.15) is 5.82 Å². The summed E-state index contributed by atoms with van der Waals surface area (Å²) in [6.45, 7) is 3.83. The van der Waals surface area contributed by atoms with Crippen LogP contribution in [0.4, 0.5) is 14.9 Å². The summed E-state index contributed by atoms with van der Waals surface area (Å²) in [7, 11) is 3.76. The lowest BCUT2D eigenvalue weighted by Gasteiger charge is -2.38. The number of aryl methyl sites for hydroxylation is 3. The SMILES string of the molecule is CCc1cc(NC(=O)NC(CCc2ccc(F)cc2)[C@H]2CNCC[C@@H]2NC)cc(-c2nnnn2C)c1. The Morgan fingerprint density at radius 3 is 2.72 bits per heavy atom. The van der Waals surface area contributed by atoms with Gasteiger partial charge in [-0.3, -0.25) is 0 Å². The molecule has 36 heavy (non-hydrogen) atoms. The number of amides is 2. The zero-order chi connectivity index (χ0) is 25.5. The molecular formula is C26H35FN8O. The fraction of sp³-hybridized carbons (Fsp3) is 0.462. The van der Waals surface area contributed by atoms with Crippen LogP contribution in [0.3, 0.4) is 0 Å². The Bertz CT molecular complexity index is 1150. The van der Waals surface area contributed by atoms with E-state index in [0.29, 0.717) is 17.6 Å². The minimum atomic E-state index is -0.255. The van der Waals surface area contributed by atoms with Crippen LogP contribution < -0.4 is 21.3 Å². The standard InChI is InChI=1S/C26H35FN8O/c1-4-17-13-19(25-32-33-34-35(25)3)15-21(14-17)30-26(36)31-24(22-16-29-12-11-23(22)28-2)10-7-18-5-8-20(27)9-6-18/h5-6,8-9,13-15,22-24,28-29H,4,7,10-12,16H2,1-3H3,(H2,30,31,36)/t22-,23-,24?/m0/s1. The quantitative estimate of drug-likeness (QED) is 0.364. The van der Waals surface area contributed by atoms with Gasteiger partial charge in [-0.15, -0.1) is 5.10 Å². The Morgan fingerprint density at radius 1 is 1.22 bits per heavy atom. The van der Waals surface area contributed by atoms with Crippen LogP contribution in [0.1, 0.15) is 30.9 Å². The summed E-state index contributed by atoms with van der Waals surface area (Å²) in [5, 5.41) is 24.9. The third-order valence-electron chi connectivity index (χ3n) is 6.93. The molecule has 10 heteroatoms. The number of rotatable bonds is 9. The molecule has 0 aliphatic carbocycles. The predicted octanol–water partition coefficient (Wildman–Crippen LogP) is 2.90. The topological polar surface area (TPSA) is 109 Å². The van der Waals surface area contributed by atoms with E-state index in [9.17, 15) is 9.18 Å². The lowest BCUT2D eigenvalue weighted by molar-refractivity contribution is 0.209. The van der Waals surface area contributed by atoms with Crippen LogP contribution in [0.15, 0.2) is 42.5 Å². The van der Waals surface area contributed by atoms with E-state index in [2.05, 4.69) is 43.7 Å². The van der Waals surface area contributed by atoms with Crippen LogP contribution in [0.25, 0.3) is 11.4 Å². The highest BCUT2D eigenvalue weighted by atomic mass is 19.1. The van der Waals surface area contributed by atoms with Crippen LogP contribution >= 0.6 is 0 Å². The van der Waals surface area contributed by atoms with Crippen LogP contribution in [-0.2, 0) is 19.9 Å². The average Bonchev–Trinajstić information content (AvgIpc) is 3.33. The molecule has 3 atom stereocenters. The van der Waals surface area contributed by atoms with Crippen molar-refractivity contribution in [1.29, 1.82) is 0 Å². The van der Waals surface area contributed by atoms with Crippen molar-refractivity contribution in [2.24, 2.45) is 13.0 Å². The maximum atomic E-state index is 13.4. The van der Waals surface area contributed by atoms with Crippen molar-refractivity contribution in [3.63, 3.8) is 0 Å². The van der Waals surface area contributed by atoms with E-state index in [0.717, 1.165) is 55.5 Å². The molecule has 2 aromatic carbocycles. The molecule has 1 fully saturated rings. The zero-order valence-corrected chi connectivity index (χ0v) is 21.1. The van der Waals surface area contributed by atoms with Crippen LogP contribution in [0.2, 0.25) is 0 Å². The predicted molar refractivity (Wildman–Crippen MR) is 138 cm³/mol. The number of carbonyl (C=O) groups excluding carboxylic acids is 1. The number of aromatic nitrogens is 4. The number of anilines is 1. The number of hydrogen-bond acceptors (Lipinski definition) is 6. The van der Waals surface area contributed by atoms with Crippen molar-refractivity contribution in [1.82, 2.24) is 36.2 Å². The number of nitrogens with zero attached hydrogens (tertiary/aromatic N) is 4. The number of tetrazole rings is 1. The minimum Gasteiger partial charge on any atom is -0.335 e. The van der Waals surface area contributed by atoms with E-state index in [1.165, 1.54) is 12.1 Å². The van der Waals surface area contributed by atoms with Gasteiger partial charge in [0.15, 0.2) is 5.82 Å². The molecule has 4 rings (SSSR count). The van der Waals surface area contributed by atoms with E-state index in [4.69, 9.17) is 0 Å². The van der Waals surface area contributed by atoms with Crippen LogP contribution in [0.5, 0.6) is 0 Å². The first-order chi connectivity index (χ1) is 17.5. The Morgan fingerprint density at radius 2 is 2.03 bits per heavy atom. The van der Waals surface area contributed by atoms with Crippen molar-refractivity contribution < 1.29 is 9.18 Å². The van der Waals surface area contributed by atoms with Gasteiger partial charge in [-0.2, -0.15) is 0 Å². The molecule has 1 aliphatic heterocycles. The molecule has 0 saturated carbocycles. The summed E-state index contributed by atoms with van der Waals surface area (Å²) in [5.41, 5.74) is 3.65. The molecule has 2 amide bonds. The Hall–Kier alpha value is -3.37. The van der Waals surface area contributed by atoms with E-state index in [1.807, 2.05) is 25.2 Å². The summed E-state index contributed by atoms with van der Waals surface area (Å²) >= 11 is 0. The van der Waals surface area contributed by atoms with Crippen molar-refractivity contribution in [2.75, 3.05) is 25.5 Å². The third kappa shape index (κ3) is 6.44. The molecular weight excluding hydrogens is 459 g/mol. The molecule has 1 unspecified atom stereocenters. The van der Waals surface area contributed by atoms with E-state index in [1.54, 1.807) is 23.9 Å². The third-order valence-corrected chi connectivity index (χ3v) is 6.93. The first-order valence-electron chi connectivity index (χ1n) is 12.5. The number of carbonyl (C=O) groups is 1. The number of benzene rings is 2. The highest BCUT2D eigenvalue weighted by molar-refractivity contribution is 5.90. The second-order valence-electron chi connectivity index (χ2n) is 9.32. The van der Waals surface area contributed by atoms with E-state index in [-0.39, 0.29) is 23.8 Å². The number of urea groups is 1. The van der Waals surface area contributed by atoms with Gasteiger partial charge in [0.05, 0.1) is 0 Å². The number of hydrogen-bond donors (Lipinski definition) is 4. The zero-order valence-electron chi connectivity index (χ0n) is 21.1. The number of nitrogens with one attached hydrogen (secondary N) is 4. The van der Waals surface area contributed by atoms with Crippen LogP contribution in [0, 0.1) is 11.7 Å². The van der Waals surface area contributed by atoms with Gasteiger partial charge in [0.25, 0.3) is 0 Å². The Labute approximate surface area is 211 Å². The molecule has 0 radical (unpaired) electrons. The van der Waals surface area contributed by atoms with Gasteiger partial charge in [-0.1, -0.05) is 19.1 Å².